The summed E-state index contributed by atoms with van der Waals surface area (Å²) in [5, 5.41) is 13.9. The molecule has 0 spiro atoms. The molecule has 0 amide bonds. The average Bonchev–Trinajstić information content (AvgIpc) is 2.78. The van der Waals surface area contributed by atoms with Crippen LogP contribution in [0.4, 0.5) is 0 Å². The lowest BCUT2D eigenvalue weighted by Crippen LogP contribution is -1.97. The molecule has 1 atom stereocenters. The fourth-order valence-corrected chi connectivity index (χ4v) is 1.39. The largest absolute Gasteiger partial charge is 0.385 e. The van der Waals surface area contributed by atoms with Crippen molar-refractivity contribution in [3.05, 3.63) is 35.1 Å². The molecule has 1 unspecified atom stereocenters. The predicted molar refractivity (Wildman–Crippen MR) is 60.0 cm³/mol. The van der Waals surface area contributed by atoms with Gasteiger partial charge in [-0.1, -0.05) is 23.7 Å². The minimum absolute atomic E-state index is 0.312. The Morgan fingerprint density at radius 3 is 2.69 bits per heavy atom. The van der Waals surface area contributed by atoms with Gasteiger partial charge in [-0.15, -0.1) is 0 Å². The van der Waals surface area contributed by atoms with Gasteiger partial charge in [-0.2, -0.15) is 4.98 Å². The van der Waals surface area contributed by atoms with Crippen molar-refractivity contribution in [1.82, 2.24) is 10.1 Å². The van der Waals surface area contributed by atoms with Crippen molar-refractivity contribution in [2.24, 2.45) is 0 Å². The van der Waals surface area contributed by atoms with E-state index >= 15 is 0 Å². The van der Waals surface area contributed by atoms with Crippen LogP contribution in [-0.2, 0) is 0 Å². The second-order valence-electron chi connectivity index (χ2n) is 3.39. The summed E-state index contributed by atoms with van der Waals surface area (Å²) in [6.07, 6.45) is -0.121. The normalized spacial score (nSPS) is 12.7. The molecule has 0 radical (unpaired) electrons. The predicted octanol–water partition coefficient (Wildman–Crippen LogP) is 2.83. The lowest BCUT2D eigenvalue weighted by molar-refractivity contribution is 0.159. The Hall–Kier alpha value is -1.39. The smallest absolute Gasteiger partial charge is 0.258 e. The third kappa shape index (κ3) is 2.23. The van der Waals surface area contributed by atoms with E-state index in [2.05, 4.69) is 10.1 Å². The SMILES string of the molecule is CCC(O)c1noc(-c2ccc(Cl)cc2)n1. The molecule has 2 rings (SSSR count). The van der Waals surface area contributed by atoms with E-state index in [0.717, 1.165) is 5.56 Å². The van der Waals surface area contributed by atoms with Crippen LogP contribution in [0.2, 0.25) is 5.02 Å². The average molecular weight is 239 g/mol. The van der Waals surface area contributed by atoms with Crippen LogP contribution in [0.25, 0.3) is 11.5 Å². The maximum absolute atomic E-state index is 9.53. The molecule has 0 saturated heterocycles. The molecule has 0 saturated carbocycles. The van der Waals surface area contributed by atoms with Crippen LogP contribution >= 0.6 is 11.6 Å². The summed E-state index contributed by atoms with van der Waals surface area (Å²) in [7, 11) is 0. The van der Waals surface area contributed by atoms with E-state index in [9.17, 15) is 5.11 Å². The first-order valence-corrected chi connectivity index (χ1v) is 5.36. The molecule has 16 heavy (non-hydrogen) atoms. The maximum atomic E-state index is 9.53. The highest BCUT2D eigenvalue weighted by molar-refractivity contribution is 6.30. The van der Waals surface area contributed by atoms with Crippen LogP contribution in [0.3, 0.4) is 0 Å². The number of nitrogens with zero attached hydrogens (tertiary/aromatic N) is 2. The first-order chi connectivity index (χ1) is 7.70. The van der Waals surface area contributed by atoms with Crippen LogP contribution in [0, 0.1) is 0 Å². The van der Waals surface area contributed by atoms with E-state index in [1.54, 1.807) is 24.3 Å². The summed E-state index contributed by atoms with van der Waals surface area (Å²) in [6, 6.07) is 7.07. The van der Waals surface area contributed by atoms with Gasteiger partial charge in [0.1, 0.15) is 6.10 Å². The second-order valence-corrected chi connectivity index (χ2v) is 3.83. The van der Waals surface area contributed by atoms with Crippen molar-refractivity contribution in [2.75, 3.05) is 0 Å². The van der Waals surface area contributed by atoms with Gasteiger partial charge in [0.2, 0.25) is 5.82 Å². The Morgan fingerprint density at radius 2 is 2.06 bits per heavy atom. The lowest BCUT2D eigenvalue weighted by Gasteiger charge is -1.98. The quantitative estimate of drug-likeness (QED) is 0.893. The molecule has 0 bridgehead atoms. The summed E-state index contributed by atoms with van der Waals surface area (Å²) in [6.45, 7) is 1.85. The molecule has 2 aromatic rings. The molecular weight excluding hydrogens is 228 g/mol. The lowest BCUT2D eigenvalue weighted by atomic mass is 10.2. The summed E-state index contributed by atoms with van der Waals surface area (Å²) >= 11 is 5.77. The summed E-state index contributed by atoms with van der Waals surface area (Å²) in [5.41, 5.74) is 0.784. The number of aliphatic hydroxyl groups excluding tert-OH is 1. The number of halogens is 1. The van der Waals surface area contributed by atoms with Crippen molar-refractivity contribution < 1.29 is 9.63 Å². The molecule has 4 nitrogen and oxygen atoms in total. The highest BCUT2D eigenvalue weighted by atomic mass is 35.5. The van der Waals surface area contributed by atoms with E-state index in [-0.39, 0.29) is 0 Å². The molecule has 5 heteroatoms. The van der Waals surface area contributed by atoms with Gasteiger partial charge in [0.25, 0.3) is 5.89 Å². The van der Waals surface area contributed by atoms with Gasteiger partial charge in [0, 0.05) is 10.6 Å². The van der Waals surface area contributed by atoms with Crippen molar-refractivity contribution in [3.63, 3.8) is 0 Å². The highest BCUT2D eigenvalue weighted by Gasteiger charge is 2.14. The fourth-order valence-electron chi connectivity index (χ4n) is 1.26. The molecule has 1 aromatic carbocycles. The third-order valence-electron chi connectivity index (χ3n) is 2.22. The maximum Gasteiger partial charge on any atom is 0.258 e. The Balaban J connectivity index is 2.28. The van der Waals surface area contributed by atoms with Gasteiger partial charge >= 0.3 is 0 Å². The van der Waals surface area contributed by atoms with E-state index in [0.29, 0.717) is 23.2 Å². The van der Waals surface area contributed by atoms with Gasteiger partial charge in [0.15, 0.2) is 0 Å². The summed E-state index contributed by atoms with van der Waals surface area (Å²) in [4.78, 5) is 4.11. The minimum atomic E-state index is -0.676. The molecule has 0 aliphatic rings. The topological polar surface area (TPSA) is 59.2 Å². The van der Waals surface area contributed by atoms with Gasteiger partial charge in [-0.05, 0) is 30.7 Å². The monoisotopic (exact) mass is 238 g/mol. The van der Waals surface area contributed by atoms with Gasteiger partial charge in [-0.3, -0.25) is 0 Å². The zero-order chi connectivity index (χ0) is 11.5. The third-order valence-corrected chi connectivity index (χ3v) is 2.47. The van der Waals surface area contributed by atoms with Crippen LogP contribution in [-0.4, -0.2) is 15.2 Å². The van der Waals surface area contributed by atoms with E-state index in [1.807, 2.05) is 6.92 Å². The van der Waals surface area contributed by atoms with Crippen molar-refractivity contribution in [2.45, 2.75) is 19.4 Å². The van der Waals surface area contributed by atoms with Crippen molar-refractivity contribution in [3.8, 4) is 11.5 Å². The van der Waals surface area contributed by atoms with Gasteiger partial charge < -0.3 is 9.63 Å². The Labute approximate surface area is 97.9 Å². The van der Waals surface area contributed by atoms with Crippen LogP contribution in [0.15, 0.2) is 28.8 Å². The van der Waals surface area contributed by atoms with E-state index in [4.69, 9.17) is 16.1 Å². The highest BCUT2D eigenvalue weighted by Crippen LogP contribution is 2.21. The van der Waals surface area contributed by atoms with Crippen molar-refractivity contribution in [1.29, 1.82) is 0 Å². The first kappa shape index (κ1) is 11.1. The fraction of sp³-hybridized carbons (Fsp3) is 0.273. The zero-order valence-electron chi connectivity index (χ0n) is 8.72. The molecule has 1 N–H and O–H groups in total. The second kappa shape index (κ2) is 4.63. The van der Waals surface area contributed by atoms with Gasteiger partial charge in [-0.25, -0.2) is 0 Å². The zero-order valence-corrected chi connectivity index (χ0v) is 9.48. The van der Waals surface area contributed by atoms with Crippen LogP contribution in [0.1, 0.15) is 25.3 Å². The molecule has 84 valence electrons. The molecule has 0 aliphatic carbocycles. The minimum Gasteiger partial charge on any atom is -0.385 e. The molecule has 0 fully saturated rings. The van der Waals surface area contributed by atoms with Crippen molar-refractivity contribution >= 4 is 11.6 Å². The molecular formula is C11H11ClN2O2. The number of hydrogen-bond acceptors (Lipinski definition) is 4. The van der Waals surface area contributed by atoms with Crippen LogP contribution in [0.5, 0.6) is 0 Å². The molecule has 1 aromatic heterocycles. The summed E-state index contributed by atoms with van der Waals surface area (Å²) < 4.78 is 5.05. The number of hydrogen-bond donors (Lipinski definition) is 1. The summed E-state index contributed by atoms with van der Waals surface area (Å²) in [5.74, 6) is 0.701. The number of rotatable bonds is 3. The van der Waals surface area contributed by atoms with E-state index in [1.165, 1.54) is 0 Å². The molecule has 1 heterocycles. The Kier molecular flexibility index (Phi) is 3.22. The Morgan fingerprint density at radius 1 is 1.38 bits per heavy atom. The standard InChI is InChI=1S/C11H11ClN2O2/c1-2-9(15)10-13-11(16-14-10)7-3-5-8(12)6-4-7/h3-6,9,15H,2H2,1H3. The van der Waals surface area contributed by atoms with E-state index < -0.39 is 6.10 Å². The van der Waals surface area contributed by atoms with Gasteiger partial charge in [0.05, 0.1) is 0 Å². The number of aliphatic hydroxyl groups is 1. The van der Waals surface area contributed by atoms with Crippen LogP contribution < -0.4 is 0 Å². The number of aromatic nitrogens is 2. The Bertz CT molecular complexity index is 467. The molecule has 0 aliphatic heterocycles. The number of benzene rings is 1. The first-order valence-electron chi connectivity index (χ1n) is 4.98.